The third-order valence-corrected chi connectivity index (χ3v) is 5.63. The van der Waals surface area contributed by atoms with Gasteiger partial charge < -0.3 is 9.47 Å². The lowest BCUT2D eigenvalue weighted by molar-refractivity contribution is -0.224. The summed E-state index contributed by atoms with van der Waals surface area (Å²) in [4.78, 5) is 0. The molecule has 4 aliphatic carbocycles. The van der Waals surface area contributed by atoms with Crippen LogP contribution in [0.5, 0.6) is 0 Å². The van der Waals surface area contributed by atoms with Crippen LogP contribution < -0.4 is 0 Å². The van der Waals surface area contributed by atoms with Crippen LogP contribution in [0.4, 0.5) is 0 Å². The predicted molar refractivity (Wildman–Crippen MR) is 79.1 cm³/mol. The van der Waals surface area contributed by atoms with Gasteiger partial charge in [0.15, 0.2) is 0 Å². The second-order valence-corrected chi connectivity index (χ2v) is 8.05. The van der Waals surface area contributed by atoms with Crippen LogP contribution in [-0.4, -0.2) is 35.6 Å². The molecule has 4 saturated carbocycles. The van der Waals surface area contributed by atoms with Crippen molar-refractivity contribution in [1.82, 2.24) is 0 Å². The lowest BCUT2D eigenvalue weighted by Crippen LogP contribution is -2.60. The maximum absolute atomic E-state index is 6.27. The molecule has 0 unspecified atom stereocenters. The molecule has 4 rings (SSSR count). The molecule has 0 aliphatic heterocycles. The average molecular weight is 288 g/mol. The van der Waals surface area contributed by atoms with Gasteiger partial charge in [-0.1, -0.05) is 0 Å². The van der Waals surface area contributed by atoms with E-state index in [0.717, 1.165) is 30.1 Å². The normalized spacial score (nSPS) is 45.7. The van der Waals surface area contributed by atoms with Crippen molar-refractivity contribution in [1.29, 1.82) is 0 Å². The summed E-state index contributed by atoms with van der Waals surface area (Å²) in [6, 6.07) is 0. The van der Waals surface area contributed by atoms with Gasteiger partial charge in [-0.25, -0.2) is 0 Å². The third-order valence-electron chi connectivity index (χ3n) is 4.92. The molecule has 4 fully saturated rings. The summed E-state index contributed by atoms with van der Waals surface area (Å²) in [6.45, 7) is 0. The molecule has 0 spiro atoms. The van der Waals surface area contributed by atoms with Crippen LogP contribution >= 0.6 is 23.5 Å². The van der Waals surface area contributed by atoms with Gasteiger partial charge in [0.25, 0.3) is 0 Å². The van der Waals surface area contributed by atoms with Gasteiger partial charge in [-0.3, -0.25) is 0 Å². The predicted octanol–water partition coefficient (Wildman–Crippen LogP) is 3.75. The molecule has 0 amide bonds. The zero-order chi connectivity index (χ0) is 12.6. The highest BCUT2D eigenvalue weighted by Gasteiger charge is 2.59. The Morgan fingerprint density at radius 2 is 1.33 bits per heavy atom. The van der Waals surface area contributed by atoms with Crippen LogP contribution in [0.15, 0.2) is 0 Å². The number of thioether (sulfide) groups is 2. The molecule has 0 atom stereocenters. The van der Waals surface area contributed by atoms with E-state index in [-0.39, 0.29) is 11.2 Å². The van der Waals surface area contributed by atoms with Crippen LogP contribution in [0.3, 0.4) is 0 Å². The van der Waals surface area contributed by atoms with Crippen molar-refractivity contribution in [3.05, 3.63) is 0 Å². The molecule has 0 saturated heterocycles. The van der Waals surface area contributed by atoms with Crippen LogP contribution in [0.2, 0.25) is 0 Å². The molecule has 104 valence electrons. The Kier molecular flexibility index (Phi) is 3.92. The van der Waals surface area contributed by atoms with E-state index in [9.17, 15) is 0 Å². The number of hydrogen-bond donors (Lipinski definition) is 0. The largest absolute Gasteiger partial charge is 0.364 e. The first-order valence-electron chi connectivity index (χ1n) is 6.95. The van der Waals surface area contributed by atoms with Crippen LogP contribution in [0, 0.1) is 11.8 Å². The maximum atomic E-state index is 6.27. The summed E-state index contributed by atoms with van der Waals surface area (Å²) in [7, 11) is 0. The summed E-state index contributed by atoms with van der Waals surface area (Å²) < 4.78 is 12.5. The zero-order valence-corrected chi connectivity index (χ0v) is 13.1. The zero-order valence-electron chi connectivity index (χ0n) is 11.4. The minimum absolute atomic E-state index is 0.158. The Balaban J connectivity index is 1.75. The van der Waals surface area contributed by atoms with Crippen LogP contribution in [0.1, 0.15) is 38.5 Å². The van der Waals surface area contributed by atoms with Crippen molar-refractivity contribution in [2.75, 3.05) is 24.4 Å². The Hall–Kier alpha value is 0.620. The van der Waals surface area contributed by atoms with E-state index in [1.807, 2.05) is 0 Å². The van der Waals surface area contributed by atoms with Gasteiger partial charge in [-0.2, -0.15) is 0 Å². The van der Waals surface area contributed by atoms with E-state index in [4.69, 9.17) is 9.47 Å². The fourth-order valence-electron chi connectivity index (χ4n) is 4.80. The molecule has 0 aromatic heterocycles. The topological polar surface area (TPSA) is 18.5 Å². The summed E-state index contributed by atoms with van der Waals surface area (Å²) in [6.07, 6.45) is 12.0. The SMILES string of the molecule is CSCOC12CC3CC(C1)CC(OCSC)(C3)C2. The van der Waals surface area contributed by atoms with Crippen molar-refractivity contribution in [3.63, 3.8) is 0 Å². The van der Waals surface area contributed by atoms with Crippen molar-refractivity contribution < 1.29 is 9.47 Å². The summed E-state index contributed by atoms with van der Waals surface area (Å²) >= 11 is 3.60. The van der Waals surface area contributed by atoms with Crippen LogP contribution in [0.25, 0.3) is 0 Å². The molecule has 4 aliphatic rings. The number of rotatable bonds is 6. The standard InChI is InChI=1S/C14H24O2S2/c1-17-9-15-13-4-11-3-12(5-13)7-14(6-11,8-13)16-10-18-2/h11-12H,3-10H2,1-2H3. The quantitative estimate of drug-likeness (QED) is 0.693. The fourth-order valence-corrected chi connectivity index (χ4v) is 5.54. The summed E-state index contributed by atoms with van der Waals surface area (Å²) in [5.74, 6) is 3.40. The van der Waals surface area contributed by atoms with E-state index in [1.165, 1.54) is 32.1 Å². The van der Waals surface area contributed by atoms with E-state index in [2.05, 4.69) is 12.5 Å². The molecule has 0 aromatic rings. The van der Waals surface area contributed by atoms with E-state index in [1.54, 1.807) is 23.5 Å². The second kappa shape index (κ2) is 5.19. The summed E-state index contributed by atoms with van der Waals surface area (Å²) in [5, 5.41) is 0. The Bertz CT molecular complexity index is 268. The molecule has 0 heterocycles. The molecular weight excluding hydrogens is 264 g/mol. The molecule has 4 bridgehead atoms. The monoisotopic (exact) mass is 288 g/mol. The van der Waals surface area contributed by atoms with Gasteiger partial charge in [-0.05, 0) is 56.5 Å². The lowest BCUT2D eigenvalue weighted by Gasteiger charge is -2.61. The van der Waals surface area contributed by atoms with Crippen molar-refractivity contribution in [2.24, 2.45) is 11.8 Å². The minimum atomic E-state index is 0.158. The maximum Gasteiger partial charge on any atom is 0.0925 e. The second-order valence-electron chi connectivity index (χ2n) is 6.43. The van der Waals surface area contributed by atoms with Crippen molar-refractivity contribution >= 4 is 23.5 Å². The van der Waals surface area contributed by atoms with Crippen LogP contribution in [-0.2, 0) is 9.47 Å². The van der Waals surface area contributed by atoms with Gasteiger partial charge in [0.1, 0.15) is 0 Å². The highest BCUT2D eigenvalue weighted by Crippen LogP contribution is 2.60. The van der Waals surface area contributed by atoms with Gasteiger partial charge in [0, 0.05) is 6.42 Å². The Labute approximate surface area is 119 Å². The molecule has 18 heavy (non-hydrogen) atoms. The fraction of sp³-hybridized carbons (Fsp3) is 1.00. The smallest absolute Gasteiger partial charge is 0.0925 e. The third kappa shape index (κ3) is 2.46. The first-order valence-corrected chi connectivity index (χ1v) is 9.74. The van der Waals surface area contributed by atoms with E-state index in [0.29, 0.717) is 0 Å². The minimum Gasteiger partial charge on any atom is -0.364 e. The molecule has 0 aromatic carbocycles. The number of hydrogen-bond acceptors (Lipinski definition) is 4. The van der Waals surface area contributed by atoms with Crippen molar-refractivity contribution in [3.8, 4) is 0 Å². The molecule has 4 heteroatoms. The number of ether oxygens (including phenoxy) is 2. The van der Waals surface area contributed by atoms with Gasteiger partial charge in [0.05, 0.1) is 23.1 Å². The van der Waals surface area contributed by atoms with Gasteiger partial charge in [0.2, 0.25) is 0 Å². The van der Waals surface area contributed by atoms with Gasteiger partial charge >= 0.3 is 0 Å². The summed E-state index contributed by atoms with van der Waals surface area (Å²) in [5.41, 5.74) is 0.316. The van der Waals surface area contributed by atoms with E-state index >= 15 is 0 Å². The average Bonchev–Trinajstić information content (AvgIpc) is 2.32. The van der Waals surface area contributed by atoms with E-state index < -0.39 is 0 Å². The van der Waals surface area contributed by atoms with Gasteiger partial charge in [-0.15, -0.1) is 23.5 Å². The molecule has 2 nitrogen and oxygen atoms in total. The first kappa shape index (κ1) is 13.6. The highest BCUT2D eigenvalue weighted by atomic mass is 32.2. The molecule has 0 N–H and O–H groups in total. The first-order chi connectivity index (χ1) is 8.69. The Morgan fingerprint density at radius 3 is 1.72 bits per heavy atom. The van der Waals surface area contributed by atoms with Crippen molar-refractivity contribution in [2.45, 2.75) is 49.7 Å². The Morgan fingerprint density at radius 1 is 0.889 bits per heavy atom. The lowest BCUT2D eigenvalue weighted by atomic mass is 9.52. The molecule has 0 radical (unpaired) electrons. The highest BCUT2D eigenvalue weighted by molar-refractivity contribution is 7.98. The molecular formula is C14H24O2S2.